The van der Waals surface area contributed by atoms with Crippen LogP contribution < -0.4 is 14.2 Å². The molecular formula is C13H11BrN2O5. The summed E-state index contributed by atoms with van der Waals surface area (Å²) in [6, 6.07) is 5.93. The lowest BCUT2D eigenvalue weighted by atomic mass is 10.2. The minimum absolute atomic E-state index is 0.0106. The van der Waals surface area contributed by atoms with Gasteiger partial charge in [-0.3, -0.25) is 0 Å². The molecule has 1 aromatic heterocycles. The average molecular weight is 355 g/mol. The highest BCUT2D eigenvalue weighted by molar-refractivity contribution is 9.10. The number of halogens is 1. The van der Waals surface area contributed by atoms with Crippen LogP contribution in [0.2, 0.25) is 0 Å². The van der Waals surface area contributed by atoms with Crippen LogP contribution in [0.25, 0.3) is 0 Å². The van der Waals surface area contributed by atoms with Crippen LogP contribution in [-0.4, -0.2) is 35.3 Å². The van der Waals surface area contributed by atoms with E-state index in [-0.39, 0.29) is 29.1 Å². The van der Waals surface area contributed by atoms with Crippen LogP contribution >= 0.6 is 15.9 Å². The Hall–Kier alpha value is -2.35. The molecule has 110 valence electrons. The van der Waals surface area contributed by atoms with E-state index in [1.807, 2.05) is 0 Å². The molecule has 2 aromatic rings. The van der Waals surface area contributed by atoms with Crippen molar-refractivity contribution in [3.05, 3.63) is 34.3 Å². The number of rotatable bonds is 5. The third-order valence-electron chi connectivity index (χ3n) is 2.45. The number of nitrogens with zero attached hydrogens (tertiary/aromatic N) is 2. The van der Waals surface area contributed by atoms with Crippen LogP contribution in [-0.2, 0) is 0 Å². The molecule has 0 spiro atoms. The van der Waals surface area contributed by atoms with Crippen molar-refractivity contribution < 1.29 is 24.1 Å². The fourth-order valence-electron chi connectivity index (χ4n) is 1.49. The van der Waals surface area contributed by atoms with Crippen LogP contribution in [0, 0.1) is 0 Å². The summed E-state index contributed by atoms with van der Waals surface area (Å²) in [6.07, 6.45) is 0. The second kappa shape index (κ2) is 6.40. The van der Waals surface area contributed by atoms with Crippen molar-refractivity contribution in [1.82, 2.24) is 9.97 Å². The molecule has 1 aromatic carbocycles. The van der Waals surface area contributed by atoms with Crippen molar-refractivity contribution in [2.24, 2.45) is 0 Å². The molecule has 1 N–H and O–H groups in total. The van der Waals surface area contributed by atoms with Gasteiger partial charge in [0, 0.05) is 4.47 Å². The van der Waals surface area contributed by atoms with Gasteiger partial charge in [-0.05, 0) is 18.2 Å². The molecule has 0 aliphatic carbocycles. The van der Waals surface area contributed by atoms with Gasteiger partial charge in [-0.2, -0.15) is 9.97 Å². The highest BCUT2D eigenvalue weighted by Crippen LogP contribution is 2.29. The summed E-state index contributed by atoms with van der Waals surface area (Å²) in [4.78, 5) is 19.1. The lowest BCUT2D eigenvalue weighted by Gasteiger charge is -2.09. The lowest BCUT2D eigenvalue weighted by Crippen LogP contribution is -2.03. The molecule has 7 nitrogen and oxygen atoms in total. The van der Waals surface area contributed by atoms with Crippen LogP contribution in [0.5, 0.6) is 23.5 Å². The lowest BCUT2D eigenvalue weighted by molar-refractivity contribution is 0.0694. The number of hydrogen-bond acceptors (Lipinski definition) is 6. The molecule has 0 fully saturated rings. The zero-order chi connectivity index (χ0) is 15.4. The average Bonchev–Trinajstić information content (AvgIpc) is 2.46. The number of hydrogen-bond donors (Lipinski definition) is 1. The van der Waals surface area contributed by atoms with E-state index in [2.05, 4.69) is 25.9 Å². The smallest absolute Gasteiger partial charge is 0.339 e. The topological polar surface area (TPSA) is 90.8 Å². The van der Waals surface area contributed by atoms with Gasteiger partial charge in [-0.1, -0.05) is 15.9 Å². The van der Waals surface area contributed by atoms with Crippen molar-refractivity contribution in [2.75, 3.05) is 14.2 Å². The summed E-state index contributed by atoms with van der Waals surface area (Å²) in [7, 11) is 2.88. The molecule has 0 radical (unpaired) electrons. The molecule has 21 heavy (non-hydrogen) atoms. The highest BCUT2D eigenvalue weighted by Gasteiger charge is 2.15. The van der Waals surface area contributed by atoms with E-state index in [9.17, 15) is 4.79 Å². The first-order valence-corrected chi connectivity index (χ1v) is 6.50. The number of methoxy groups -OCH3 is 2. The summed E-state index contributed by atoms with van der Waals surface area (Å²) in [5.74, 6) is -0.535. The van der Waals surface area contributed by atoms with Gasteiger partial charge in [0.05, 0.1) is 20.3 Å². The van der Waals surface area contributed by atoms with Crippen LogP contribution in [0.15, 0.2) is 28.7 Å². The molecule has 0 atom stereocenters. The Bertz CT molecular complexity index is 655. The molecule has 8 heteroatoms. The maximum Gasteiger partial charge on any atom is 0.339 e. The second-order valence-corrected chi connectivity index (χ2v) is 4.70. The Morgan fingerprint density at radius 2 is 1.76 bits per heavy atom. The molecule has 0 unspecified atom stereocenters. The van der Waals surface area contributed by atoms with Gasteiger partial charge in [0.15, 0.2) is 0 Å². The Balaban J connectivity index is 2.42. The van der Waals surface area contributed by atoms with Crippen molar-refractivity contribution in [1.29, 1.82) is 0 Å². The van der Waals surface area contributed by atoms with Crippen molar-refractivity contribution in [3.8, 4) is 23.5 Å². The summed E-state index contributed by atoms with van der Waals surface area (Å²) >= 11 is 3.25. The first-order valence-electron chi connectivity index (χ1n) is 5.71. The predicted molar refractivity (Wildman–Crippen MR) is 76.3 cm³/mol. The van der Waals surface area contributed by atoms with Gasteiger partial charge in [-0.15, -0.1) is 0 Å². The van der Waals surface area contributed by atoms with Gasteiger partial charge in [0.25, 0.3) is 0 Å². The van der Waals surface area contributed by atoms with Crippen LogP contribution in [0.1, 0.15) is 10.4 Å². The normalized spacial score (nSPS) is 10.0. The number of benzene rings is 1. The van der Waals surface area contributed by atoms with Gasteiger partial charge < -0.3 is 19.3 Å². The Morgan fingerprint density at radius 1 is 1.14 bits per heavy atom. The number of carboxylic acids is 1. The minimum atomic E-state index is -1.12. The zero-order valence-corrected chi connectivity index (χ0v) is 12.7. The Labute approximate surface area is 128 Å². The van der Waals surface area contributed by atoms with Crippen molar-refractivity contribution >= 4 is 21.9 Å². The number of carbonyl (C=O) groups is 1. The van der Waals surface area contributed by atoms with Gasteiger partial charge in [-0.25, -0.2) is 4.79 Å². The van der Waals surface area contributed by atoms with Crippen LogP contribution in [0.3, 0.4) is 0 Å². The van der Waals surface area contributed by atoms with E-state index in [0.29, 0.717) is 4.47 Å². The van der Waals surface area contributed by atoms with E-state index >= 15 is 0 Å². The van der Waals surface area contributed by atoms with Crippen molar-refractivity contribution in [2.45, 2.75) is 0 Å². The molecule has 0 bridgehead atoms. The molecule has 2 rings (SSSR count). The molecule has 0 saturated carbocycles. The second-order valence-electron chi connectivity index (χ2n) is 3.78. The Morgan fingerprint density at radius 3 is 2.29 bits per heavy atom. The number of carboxylic acid groups (broad SMARTS) is 1. The minimum Gasteiger partial charge on any atom is -0.481 e. The summed E-state index contributed by atoms with van der Waals surface area (Å²) in [5, 5.41) is 9.15. The molecule has 0 aliphatic heterocycles. The zero-order valence-electron chi connectivity index (χ0n) is 11.2. The molecular weight excluding hydrogens is 344 g/mol. The highest BCUT2D eigenvalue weighted by atomic mass is 79.9. The monoisotopic (exact) mass is 354 g/mol. The number of ether oxygens (including phenoxy) is 3. The van der Waals surface area contributed by atoms with E-state index in [1.54, 1.807) is 6.07 Å². The molecule has 0 aliphatic rings. The fraction of sp³-hybridized carbons (Fsp3) is 0.154. The van der Waals surface area contributed by atoms with Gasteiger partial charge in [0.1, 0.15) is 11.3 Å². The standard InChI is InChI=1S/C13H11BrN2O5/c1-19-10-6-11(20-2)16-13(15-10)21-9-5-7(14)3-4-8(9)12(17)18/h3-6H,1-2H3,(H,17,18). The summed E-state index contributed by atoms with van der Waals surface area (Å²) in [6.45, 7) is 0. The SMILES string of the molecule is COc1cc(OC)nc(Oc2cc(Br)ccc2C(=O)O)n1. The summed E-state index contributed by atoms with van der Waals surface area (Å²) < 4.78 is 16.1. The first-order chi connectivity index (χ1) is 10.0. The molecule has 1 heterocycles. The van der Waals surface area contributed by atoms with Crippen molar-refractivity contribution in [3.63, 3.8) is 0 Å². The van der Waals surface area contributed by atoms with E-state index < -0.39 is 5.97 Å². The van der Waals surface area contributed by atoms with E-state index in [4.69, 9.17) is 19.3 Å². The first kappa shape index (κ1) is 15.0. The fourth-order valence-corrected chi connectivity index (χ4v) is 1.83. The predicted octanol–water partition coefficient (Wildman–Crippen LogP) is 2.75. The number of aromatic carboxylic acids is 1. The number of aromatic nitrogens is 2. The largest absolute Gasteiger partial charge is 0.481 e. The van der Waals surface area contributed by atoms with Gasteiger partial charge >= 0.3 is 12.0 Å². The van der Waals surface area contributed by atoms with Gasteiger partial charge in [0.2, 0.25) is 11.8 Å². The molecule has 0 saturated heterocycles. The maximum atomic E-state index is 11.2. The summed E-state index contributed by atoms with van der Waals surface area (Å²) in [5.41, 5.74) is -0.0106. The van der Waals surface area contributed by atoms with E-state index in [0.717, 1.165) is 0 Å². The maximum absolute atomic E-state index is 11.2. The quantitative estimate of drug-likeness (QED) is 0.882. The third kappa shape index (κ3) is 3.60. The third-order valence-corrected chi connectivity index (χ3v) is 2.95. The molecule has 0 amide bonds. The van der Waals surface area contributed by atoms with E-state index in [1.165, 1.54) is 32.4 Å². The Kier molecular flexibility index (Phi) is 4.59. The van der Waals surface area contributed by atoms with Crippen LogP contribution in [0.4, 0.5) is 0 Å².